The largest absolute Gasteiger partial charge is 0.389 e. The van der Waals surface area contributed by atoms with Gasteiger partial charge in [-0.15, -0.1) is 0 Å². The lowest BCUT2D eigenvalue weighted by Gasteiger charge is -2.23. The summed E-state index contributed by atoms with van der Waals surface area (Å²) in [5.74, 6) is -0.279. The van der Waals surface area contributed by atoms with Crippen LogP contribution in [0.2, 0.25) is 0 Å². The van der Waals surface area contributed by atoms with Crippen molar-refractivity contribution in [1.82, 2.24) is 0 Å². The monoisotopic (exact) mass is 302 g/mol. The molecule has 0 aromatic heterocycles. The highest BCUT2D eigenvalue weighted by Gasteiger charge is 2.11. The van der Waals surface area contributed by atoms with Crippen LogP contribution in [0.4, 0.5) is 10.1 Å². The summed E-state index contributed by atoms with van der Waals surface area (Å²) in [5, 5.41) is 0. The first-order valence-electron chi connectivity index (χ1n) is 6.75. The standard InChI is InChI=1S/C17H19FN2S/c1-11-4-7-16(12(2)8-11)20(3)10-13-9-14(18)5-6-15(13)17(19)21/h4-9H,10H2,1-3H3,(H2,19,21). The number of anilines is 1. The Kier molecular flexibility index (Phi) is 4.58. The van der Waals surface area contributed by atoms with Crippen molar-refractivity contribution in [1.29, 1.82) is 0 Å². The molecule has 0 spiro atoms. The van der Waals surface area contributed by atoms with Crippen LogP contribution in [0.3, 0.4) is 0 Å². The molecule has 0 unspecified atom stereocenters. The first kappa shape index (κ1) is 15.4. The van der Waals surface area contributed by atoms with Gasteiger partial charge >= 0.3 is 0 Å². The van der Waals surface area contributed by atoms with Crippen LogP contribution in [0.5, 0.6) is 0 Å². The normalized spacial score (nSPS) is 10.5. The van der Waals surface area contributed by atoms with Crippen LogP contribution < -0.4 is 10.6 Å². The summed E-state index contributed by atoms with van der Waals surface area (Å²) in [6.07, 6.45) is 0. The molecule has 0 atom stereocenters. The third kappa shape index (κ3) is 3.58. The Bertz CT molecular complexity index is 682. The molecule has 0 saturated heterocycles. The average Bonchev–Trinajstić information content (AvgIpc) is 2.37. The quantitative estimate of drug-likeness (QED) is 0.873. The van der Waals surface area contributed by atoms with Crippen molar-refractivity contribution in [2.45, 2.75) is 20.4 Å². The molecule has 110 valence electrons. The molecule has 0 aliphatic rings. The summed E-state index contributed by atoms with van der Waals surface area (Å²) in [7, 11) is 1.98. The SMILES string of the molecule is Cc1ccc(N(C)Cc2cc(F)ccc2C(N)=S)c(C)c1. The van der Waals surface area contributed by atoms with E-state index in [1.807, 2.05) is 7.05 Å². The van der Waals surface area contributed by atoms with Crippen molar-refractivity contribution < 1.29 is 4.39 Å². The van der Waals surface area contributed by atoms with Crippen LogP contribution in [0, 0.1) is 19.7 Å². The summed E-state index contributed by atoms with van der Waals surface area (Å²) in [5.41, 5.74) is 10.8. The Morgan fingerprint density at radius 1 is 1.19 bits per heavy atom. The third-order valence-electron chi connectivity index (χ3n) is 3.50. The molecule has 2 nitrogen and oxygen atoms in total. The molecule has 0 aliphatic carbocycles. The van der Waals surface area contributed by atoms with Crippen LogP contribution in [-0.2, 0) is 6.54 Å². The van der Waals surface area contributed by atoms with Gasteiger partial charge < -0.3 is 10.6 Å². The Morgan fingerprint density at radius 2 is 1.90 bits per heavy atom. The van der Waals surface area contributed by atoms with E-state index in [4.69, 9.17) is 18.0 Å². The number of nitrogens with two attached hydrogens (primary N) is 1. The van der Waals surface area contributed by atoms with Crippen LogP contribution in [0.25, 0.3) is 0 Å². The number of aryl methyl sites for hydroxylation is 2. The molecular weight excluding hydrogens is 283 g/mol. The van der Waals surface area contributed by atoms with Crippen LogP contribution in [0.15, 0.2) is 36.4 Å². The highest BCUT2D eigenvalue weighted by atomic mass is 32.1. The van der Waals surface area contributed by atoms with Crippen molar-refractivity contribution in [3.63, 3.8) is 0 Å². The predicted octanol–water partition coefficient (Wildman–Crippen LogP) is 3.71. The Labute approximate surface area is 130 Å². The molecular formula is C17H19FN2S. The summed E-state index contributed by atoms with van der Waals surface area (Å²) < 4.78 is 13.5. The molecule has 0 radical (unpaired) electrons. The lowest BCUT2D eigenvalue weighted by Crippen LogP contribution is -2.21. The summed E-state index contributed by atoms with van der Waals surface area (Å²) in [6, 6.07) is 10.8. The number of thiocarbonyl (C=S) groups is 1. The van der Waals surface area contributed by atoms with E-state index in [0.717, 1.165) is 16.8 Å². The first-order chi connectivity index (χ1) is 9.88. The van der Waals surface area contributed by atoms with Gasteiger partial charge in [0.2, 0.25) is 0 Å². The lowest BCUT2D eigenvalue weighted by atomic mass is 10.1. The van der Waals surface area contributed by atoms with Gasteiger partial charge in [0.05, 0.1) is 0 Å². The van der Waals surface area contributed by atoms with Crippen LogP contribution >= 0.6 is 12.2 Å². The second-order valence-electron chi connectivity index (χ2n) is 5.31. The molecule has 0 heterocycles. The van der Waals surface area contributed by atoms with Crippen molar-refractivity contribution in [2.75, 3.05) is 11.9 Å². The molecule has 2 aromatic rings. The maximum Gasteiger partial charge on any atom is 0.123 e. The van der Waals surface area contributed by atoms with E-state index < -0.39 is 0 Å². The summed E-state index contributed by atoms with van der Waals surface area (Å²) >= 11 is 5.04. The minimum atomic E-state index is -0.279. The molecule has 0 saturated carbocycles. The average molecular weight is 302 g/mol. The Hall–Kier alpha value is -1.94. The minimum Gasteiger partial charge on any atom is -0.389 e. The van der Waals surface area contributed by atoms with E-state index in [9.17, 15) is 4.39 Å². The van der Waals surface area contributed by atoms with Gasteiger partial charge in [-0.1, -0.05) is 29.9 Å². The van der Waals surface area contributed by atoms with Gasteiger partial charge in [-0.25, -0.2) is 4.39 Å². The molecule has 21 heavy (non-hydrogen) atoms. The van der Waals surface area contributed by atoms with E-state index in [-0.39, 0.29) is 5.82 Å². The van der Waals surface area contributed by atoms with Gasteiger partial charge in [-0.2, -0.15) is 0 Å². The van der Waals surface area contributed by atoms with E-state index in [2.05, 4.69) is 36.9 Å². The van der Waals surface area contributed by atoms with Crippen LogP contribution in [-0.4, -0.2) is 12.0 Å². The summed E-state index contributed by atoms with van der Waals surface area (Å²) in [6.45, 7) is 4.68. The van der Waals surface area contributed by atoms with E-state index in [0.29, 0.717) is 11.5 Å². The van der Waals surface area contributed by atoms with Gasteiger partial charge in [0.1, 0.15) is 10.8 Å². The Morgan fingerprint density at radius 3 is 2.52 bits per heavy atom. The van der Waals surface area contributed by atoms with Crippen LogP contribution in [0.1, 0.15) is 22.3 Å². The maximum atomic E-state index is 13.5. The highest BCUT2D eigenvalue weighted by molar-refractivity contribution is 7.80. The zero-order valence-corrected chi connectivity index (χ0v) is 13.3. The zero-order chi connectivity index (χ0) is 15.6. The van der Waals surface area contributed by atoms with Gasteiger partial charge in [0.15, 0.2) is 0 Å². The molecule has 0 bridgehead atoms. The smallest absolute Gasteiger partial charge is 0.123 e. The van der Waals surface area contributed by atoms with Crippen molar-refractivity contribution in [3.05, 3.63) is 64.5 Å². The van der Waals surface area contributed by atoms with E-state index in [1.54, 1.807) is 6.07 Å². The van der Waals surface area contributed by atoms with Gasteiger partial charge in [-0.3, -0.25) is 0 Å². The maximum absolute atomic E-state index is 13.5. The number of benzene rings is 2. The van der Waals surface area contributed by atoms with Gasteiger partial charge in [-0.05, 0) is 49.2 Å². The molecule has 0 fully saturated rings. The second-order valence-corrected chi connectivity index (χ2v) is 5.75. The molecule has 2 N–H and O–H groups in total. The first-order valence-corrected chi connectivity index (χ1v) is 7.16. The summed E-state index contributed by atoms with van der Waals surface area (Å²) in [4.78, 5) is 2.37. The van der Waals surface area contributed by atoms with Gasteiger partial charge in [0, 0.05) is 24.8 Å². The topological polar surface area (TPSA) is 29.3 Å². The number of hydrogen-bond acceptors (Lipinski definition) is 2. The van der Waals surface area contributed by atoms with E-state index in [1.165, 1.54) is 23.3 Å². The predicted molar refractivity (Wildman–Crippen MR) is 90.3 cm³/mol. The molecule has 0 aliphatic heterocycles. The highest BCUT2D eigenvalue weighted by Crippen LogP contribution is 2.23. The number of hydrogen-bond donors (Lipinski definition) is 1. The number of nitrogens with zero attached hydrogens (tertiary/aromatic N) is 1. The van der Waals surface area contributed by atoms with Crippen molar-refractivity contribution >= 4 is 22.9 Å². The fraction of sp³-hybridized carbons (Fsp3) is 0.235. The third-order valence-corrected chi connectivity index (χ3v) is 3.72. The van der Waals surface area contributed by atoms with Gasteiger partial charge in [0.25, 0.3) is 0 Å². The molecule has 0 amide bonds. The fourth-order valence-corrected chi connectivity index (χ4v) is 2.71. The fourth-order valence-electron chi connectivity index (χ4n) is 2.51. The lowest BCUT2D eigenvalue weighted by molar-refractivity contribution is 0.625. The number of rotatable bonds is 4. The molecule has 4 heteroatoms. The number of halogens is 1. The second kappa shape index (κ2) is 6.22. The Balaban J connectivity index is 2.33. The minimum absolute atomic E-state index is 0.279. The molecule has 2 aromatic carbocycles. The molecule has 2 rings (SSSR count). The van der Waals surface area contributed by atoms with Crippen molar-refractivity contribution in [3.8, 4) is 0 Å². The van der Waals surface area contributed by atoms with Crippen molar-refractivity contribution in [2.24, 2.45) is 5.73 Å². The zero-order valence-electron chi connectivity index (χ0n) is 12.5. The van der Waals surface area contributed by atoms with E-state index >= 15 is 0 Å².